The predicted molar refractivity (Wildman–Crippen MR) is 84.1 cm³/mol. The number of hydrogen-bond donors (Lipinski definition) is 1. The Labute approximate surface area is 121 Å². The number of hydrogen-bond acceptors (Lipinski definition) is 3. The smallest absolute Gasteiger partial charge is 0.115 e. The summed E-state index contributed by atoms with van der Waals surface area (Å²) in [4.78, 5) is 2.60. The van der Waals surface area contributed by atoms with Gasteiger partial charge in [0.1, 0.15) is 5.75 Å². The number of rotatable bonds is 5. The first-order valence-corrected chi connectivity index (χ1v) is 8.62. The van der Waals surface area contributed by atoms with Gasteiger partial charge in [-0.3, -0.25) is 0 Å². The molecule has 2 nitrogen and oxygen atoms in total. The fourth-order valence-electron chi connectivity index (χ4n) is 3.18. The Morgan fingerprint density at radius 1 is 1.37 bits per heavy atom. The SMILES string of the molecule is CCCN1C[C@H](CSC)C[C@H](c2cccc(O)c2)C1. The third kappa shape index (κ3) is 4.15. The van der Waals surface area contributed by atoms with Crippen LogP contribution in [0.5, 0.6) is 5.75 Å². The summed E-state index contributed by atoms with van der Waals surface area (Å²) in [6.07, 6.45) is 4.67. The highest BCUT2D eigenvalue weighted by Gasteiger charge is 2.27. The zero-order chi connectivity index (χ0) is 13.7. The molecule has 1 saturated heterocycles. The third-order valence-electron chi connectivity index (χ3n) is 3.90. The fourth-order valence-corrected chi connectivity index (χ4v) is 3.89. The zero-order valence-corrected chi connectivity index (χ0v) is 12.8. The van der Waals surface area contributed by atoms with Gasteiger partial charge in [-0.05, 0) is 60.9 Å². The van der Waals surface area contributed by atoms with Gasteiger partial charge in [-0.2, -0.15) is 11.8 Å². The molecule has 1 aromatic carbocycles. The highest BCUT2D eigenvalue weighted by molar-refractivity contribution is 7.98. The molecule has 0 saturated carbocycles. The van der Waals surface area contributed by atoms with Gasteiger partial charge in [0.2, 0.25) is 0 Å². The molecule has 2 atom stereocenters. The number of thioether (sulfide) groups is 1. The first-order valence-electron chi connectivity index (χ1n) is 7.23. The molecule has 0 bridgehead atoms. The van der Waals surface area contributed by atoms with E-state index in [-0.39, 0.29) is 0 Å². The van der Waals surface area contributed by atoms with Crippen molar-refractivity contribution in [1.29, 1.82) is 0 Å². The largest absolute Gasteiger partial charge is 0.508 e. The van der Waals surface area contributed by atoms with Crippen LogP contribution in [0.25, 0.3) is 0 Å². The summed E-state index contributed by atoms with van der Waals surface area (Å²) in [5, 5.41) is 9.66. The molecule has 1 fully saturated rings. The minimum absolute atomic E-state index is 0.395. The van der Waals surface area contributed by atoms with Gasteiger partial charge >= 0.3 is 0 Å². The van der Waals surface area contributed by atoms with Crippen LogP contribution in [0.1, 0.15) is 31.2 Å². The minimum atomic E-state index is 0.395. The maximum atomic E-state index is 9.66. The molecule has 19 heavy (non-hydrogen) atoms. The molecular formula is C16H25NOS. The summed E-state index contributed by atoms with van der Waals surface area (Å²) in [6, 6.07) is 7.83. The second-order valence-corrected chi connectivity index (χ2v) is 6.52. The van der Waals surface area contributed by atoms with Crippen molar-refractivity contribution in [3.63, 3.8) is 0 Å². The lowest BCUT2D eigenvalue weighted by Crippen LogP contribution is -2.40. The Balaban J connectivity index is 2.09. The van der Waals surface area contributed by atoms with E-state index in [1.54, 1.807) is 6.07 Å². The molecule has 1 aliphatic heterocycles. The maximum absolute atomic E-state index is 9.66. The summed E-state index contributed by atoms with van der Waals surface area (Å²) >= 11 is 1.95. The lowest BCUT2D eigenvalue weighted by atomic mass is 9.85. The van der Waals surface area contributed by atoms with Gasteiger partial charge in [0.15, 0.2) is 0 Å². The van der Waals surface area contributed by atoms with E-state index in [1.807, 2.05) is 23.9 Å². The quantitative estimate of drug-likeness (QED) is 0.891. The maximum Gasteiger partial charge on any atom is 0.115 e. The molecule has 0 amide bonds. The van der Waals surface area contributed by atoms with Gasteiger partial charge in [-0.25, -0.2) is 0 Å². The van der Waals surface area contributed by atoms with Gasteiger partial charge in [-0.1, -0.05) is 19.1 Å². The number of benzene rings is 1. The molecule has 1 aliphatic rings. The monoisotopic (exact) mass is 279 g/mol. The highest BCUT2D eigenvalue weighted by atomic mass is 32.2. The number of nitrogens with zero attached hydrogens (tertiary/aromatic N) is 1. The van der Waals surface area contributed by atoms with Crippen molar-refractivity contribution in [2.75, 3.05) is 31.6 Å². The van der Waals surface area contributed by atoms with E-state index >= 15 is 0 Å². The van der Waals surface area contributed by atoms with Gasteiger partial charge in [0.05, 0.1) is 0 Å². The second-order valence-electron chi connectivity index (χ2n) is 5.61. The number of phenolic OH excluding ortho intramolecular Hbond substituents is 1. The molecule has 0 unspecified atom stereocenters. The second kappa shape index (κ2) is 7.20. The number of likely N-dealkylation sites (tertiary alicyclic amines) is 1. The molecule has 1 aromatic rings. The van der Waals surface area contributed by atoms with Gasteiger partial charge < -0.3 is 10.0 Å². The van der Waals surface area contributed by atoms with Gasteiger partial charge in [-0.15, -0.1) is 0 Å². The summed E-state index contributed by atoms with van der Waals surface area (Å²) in [5.41, 5.74) is 1.30. The van der Waals surface area contributed by atoms with E-state index in [0.717, 1.165) is 12.5 Å². The van der Waals surface area contributed by atoms with Crippen LogP contribution in [0.2, 0.25) is 0 Å². The van der Waals surface area contributed by atoms with E-state index in [0.29, 0.717) is 11.7 Å². The molecular weight excluding hydrogens is 254 g/mol. The van der Waals surface area contributed by atoms with Crippen molar-refractivity contribution in [3.05, 3.63) is 29.8 Å². The van der Waals surface area contributed by atoms with Crippen LogP contribution in [0.15, 0.2) is 24.3 Å². The van der Waals surface area contributed by atoms with Crippen molar-refractivity contribution in [2.45, 2.75) is 25.7 Å². The van der Waals surface area contributed by atoms with Crippen LogP contribution < -0.4 is 0 Å². The summed E-state index contributed by atoms with van der Waals surface area (Å²) < 4.78 is 0. The molecule has 1 heterocycles. The molecule has 1 N–H and O–H groups in total. The van der Waals surface area contributed by atoms with E-state index in [4.69, 9.17) is 0 Å². The van der Waals surface area contributed by atoms with Crippen molar-refractivity contribution >= 4 is 11.8 Å². The highest BCUT2D eigenvalue weighted by Crippen LogP contribution is 2.32. The Bertz CT molecular complexity index is 382. The molecule has 0 aliphatic carbocycles. The predicted octanol–water partition coefficient (Wildman–Crippen LogP) is 3.57. The van der Waals surface area contributed by atoms with Crippen molar-refractivity contribution in [3.8, 4) is 5.75 Å². The average Bonchev–Trinajstić information content (AvgIpc) is 2.39. The molecule has 2 rings (SSSR count). The molecule has 0 radical (unpaired) electrons. The van der Waals surface area contributed by atoms with E-state index in [2.05, 4.69) is 24.1 Å². The Hall–Kier alpha value is -0.670. The van der Waals surface area contributed by atoms with E-state index in [9.17, 15) is 5.11 Å². The van der Waals surface area contributed by atoms with Crippen LogP contribution in [0.4, 0.5) is 0 Å². The molecule has 0 aromatic heterocycles. The topological polar surface area (TPSA) is 23.5 Å². The van der Waals surface area contributed by atoms with E-state index < -0.39 is 0 Å². The average molecular weight is 279 g/mol. The molecule has 3 heteroatoms. The van der Waals surface area contributed by atoms with Crippen LogP contribution in [-0.2, 0) is 0 Å². The summed E-state index contributed by atoms with van der Waals surface area (Å²) in [5.74, 6) is 2.99. The van der Waals surface area contributed by atoms with Gasteiger partial charge in [0.25, 0.3) is 0 Å². The zero-order valence-electron chi connectivity index (χ0n) is 12.0. The van der Waals surface area contributed by atoms with Crippen LogP contribution >= 0.6 is 11.8 Å². The van der Waals surface area contributed by atoms with Crippen LogP contribution in [0.3, 0.4) is 0 Å². The molecule has 106 valence electrons. The number of piperidine rings is 1. The normalized spacial score (nSPS) is 24.5. The van der Waals surface area contributed by atoms with Crippen molar-refractivity contribution in [1.82, 2.24) is 4.90 Å². The Morgan fingerprint density at radius 3 is 2.89 bits per heavy atom. The third-order valence-corrected chi connectivity index (χ3v) is 4.70. The van der Waals surface area contributed by atoms with Crippen molar-refractivity contribution < 1.29 is 5.11 Å². The lowest BCUT2D eigenvalue weighted by molar-refractivity contribution is 0.166. The van der Waals surface area contributed by atoms with Gasteiger partial charge in [0, 0.05) is 13.1 Å². The minimum Gasteiger partial charge on any atom is -0.508 e. The first-order chi connectivity index (χ1) is 9.22. The Kier molecular flexibility index (Phi) is 5.59. The lowest BCUT2D eigenvalue weighted by Gasteiger charge is -2.38. The first kappa shape index (κ1) is 14.7. The van der Waals surface area contributed by atoms with Crippen LogP contribution in [-0.4, -0.2) is 41.6 Å². The van der Waals surface area contributed by atoms with Crippen molar-refractivity contribution in [2.24, 2.45) is 5.92 Å². The fraction of sp³-hybridized carbons (Fsp3) is 0.625. The Morgan fingerprint density at radius 2 is 2.21 bits per heavy atom. The summed E-state index contributed by atoms with van der Waals surface area (Å²) in [6.45, 7) is 5.83. The standard InChI is InChI=1S/C16H25NOS/c1-3-7-17-10-13(12-19-2)8-15(11-17)14-5-4-6-16(18)9-14/h4-6,9,13,15,18H,3,7-8,10-12H2,1-2H3/t13-,15+/m1/s1. The summed E-state index contributed by atoms with van der Waals surface area (Å²) in [7, 11) is 0. The van der Waals surface area contributed by atoms with Crippen LogP contribution in [0, 0.1) is 5.92 Å². The van der Waals surface area contributed by atoms with E-state index in [1.165, 1.54) is 37.2 Å². The number of phenols is 1. The molecule has 0 spiro atoms. The number of aromatic hydroxyl groups is 1.